The van der Waals surface area contributed by atoms with Gasteiger partial charge in [0.2, 0.25) is 0 Å². The second-order valence-electron chi connectivity index (χ2n) is 4.39. The smallest absolute Gasteiger partial charge is 0.305 e. The van der Waals surface area contributed by atoms with Gasteiger partial charge in [0.05, 0.1) is 18.7 Å². The number of carbonyl (C=O) groups excluding carboxylic acids is 1. The molecule has 5 heteroatoms. The summed E-state index contributed by atoms with van der Waals surface area (Å²) in [6.07, 6.45) is 1.27. The van der Waals surface area contributed by atoms with Crippen LogP contribution in [0.4, 0.5) is 0 Å². The van der Waals surface area contributed by atoms with E-state index >= 15 is 0 Å². The third-order valence-corrected chi connectivity index (χ3v) is 3.44. The summed E-state index contributed by atoms with van der Waals surface area (Å²) in [6.45, 7) is 1.70. The lowest BCUT2D eigenvalue weighted by atomic mass is 10.2. The predicted molar refractivity (Wildman–Crippen MR) is 78.3 cm³/mol. The van der Waals surface area contributed by atoms with Gasteiger partial charge in [-0.2, -0.15) is 0 Å². The van der Waals surface area contributed by atoms with E-state index in [0.29, 0.717) is 6.42 Å². The summed E-state index contributed by atoms with van der Waals surface area (Å²) in [6, 6.07) is 6.04. The van der Waals surface area contributed by atoms with Crippen molar-refractivity contribution in [2.45, 2.75) is 19.4 Å². The Kier molecular flexibility index (Phi) is 6.87. The highest BCUT2D eigenvalue weighted by Crippen LogP contribution is 2.25. The van der Waals surface area contributed by atoms with E-state index in [1.54, 1.807) is 7.11 Å². The molecule has 0 N–H and O–H groups in total. The molecular formula is C14H20BrNO3. The second kappa shape index (κ2) is 8.17. The maximum absolute atomic E-state index is 11.0. The number of carbonyl (C=O) groups is 1. The Bertz CT molecular complexity index is 423. The zero-order valence-electron chi connectivity index (χ0n) is 11.6. The van der Waals surface area contributed by atoms with Crippen molar-refractivity contribution in [3.05, 3.63) is 28.2 Å². The van der Waals surface area contributed by atoms with E-state index in [4.69, 9.17) is 4.74 Å². The van der Waals surface area contributed by atoms with Crippen molar-refractivity contribution in [1.29, 1.82) is 0 Å². The van der Waals surface area contributed by atoms with Crippen LogP contribution in [0, 0.1) is 0 Å². The van der Waals surface area contributed by atoms with Crippen LogP contribution in [-0.2, 0) is 16.1 Å². The first-order valence-corrected chi connectivity index (χ1v) is 6.94. The van der Waals surface area contributed by atoms with Crippen molar-refractivity contribution in [3.8, 4) is 5.75 Å². The number of rotatable bonds is 7. The zero-order valence-corrected chi connectivity index (χ0v) is 13.2. The number of ether oxygens (including phenoxy) is 2. The minimum absolute atomic E-state index is 0.152. The molecule has 106 valence electrons. The largest absolute Gasteiger partial charge is 0.496 e. The van der Waals surface area contributed by atoms with E-state index in [-0.39, 0.29) is 5.97 Å². The van der Waals surface area contributed by atoms with Crippen LogP contribution in [0.2, 0.25) is 0 Å². The highest BCUT2D eigenvalue weighted by atomic mass is 79.9. The van der Waals surface area contributed by atoms with Crippen molar-refractivity contribution in [2.24, 2.45) is 0 Å². The summed E-state index contributed by atoms with van der Waals surface area (Å²) in [4.78, 5) is 13.2. The molecule has 19 heavy (non-hydrogen) atoms. The fourth-order valence-electron chi connectivity index (χ4n) is 1.79. The molecule has 1 rings (SSSR count). The summed E-state index contributed by atoms with van der Waals surface area (Å²) < 4.78 is 10.8. The van der Waals surface area contributed by atoms with Gasteiger partial charge in [0.1, 0.15) is 5.75 Å². The molecule has 0 fully saturated rings. The maximum Gasteiger partial charge on any atom is 0.305 e. The van der Waals surface area contributed by atoms with Gasteiger partial charge in [-0.15, -0.1) is 0 Å². The first-order chi connectivity index (χ1) is 9.06. The summed E-state index contributed by atoms with van der Waals surface area (Å²) in [5.74, 6) is 0.678. The van der Waals surface area contributed by atoms with Gasteiger partial charge in [0.25, 0.3) is 0 Å². The molecule has 0 radical (unpaired) electrons. The molecule has 0 unspecified atom stereocenters. The number of esters is 1. The number of hydrogen-bond donors (Lipinski definition) is 0. The molecule has 4 nitrogen and oxygen atoms in total. The molecule has 0 saturated heterocycles. The molecule has 1 aromatic rings. The van der Waals surface area contributed by atoms with Crippen LogP contribution in [0.15, 0.2) is 22.7 Å². The third-order valence-electron chi connectivity index (χ3n) is 2.82. The lowest BCUT2D eigenvalue weighted by Crippen LogP contribution is -2.20. The number of nitrogens with zero attached hydrogens (tertiary/aromatic N) is 1. The average Bonchev–Trinajstić information content (AvgIpc) is 2.38. The predicted octanol–water partition coefficient (Wildman–Crippen LogP) is 2.84. The van der Waals surface area contributed by atoms with Gasteiger partial charge in [-0.1, -0.05) is 6.07 Å². The fraction of sp³-hybridized carbons (Fsp3) is 0.500. The zero-order chi connectivity index (χ0) is 14.3. The SMILES string of the molecule is COC(=O)CCCN(C)Cc1ccc(OC)c(Br)c1. The highest BCUT2D eigenvalue weighted by Gasteiger charge is 2.06. The van der Waals surface area contributed by atoms with Crippen LogP contribution in [0.1, 0.15) is 18.4 Å². The summed E-state index contributed by atoms with van der Waals surface area (Å²) >= 11 is 3.47. The third kappa shape index (κ3) is 5.61. The molecule has 0 bridgehead atoms. The minimum atomic E-state index is -0.152. The summed E-state index contributed by atoms with van der Waals surface area (Å²) in [5, 5.41) is 0. The monoisotopic (exact) mass is 329 g/mol. The van der Waals surface area contributed by atoms with Crippen LogP contribution in [0.25, 0.3) is 0 Å². The van der Waals surface area contributed by atoms with Crippen LogP contribution in [-0.4, -0.2) is 38.7 Å². The lowest BCUT2D eigenvalue weighted by Gasteiger charge is -2.17. The van der Waals surface area contributed by atoms with Crippen LogP contribution < -0.4 is 4.74 Å². The van der Waals surface area contributed by atoms with Crippen molar-refractivity contribution < 1.29 is 14.3 Å². The summed E-state index contributed by atoms with van der Waals surface area (Å²) in [7, 11) is 5.11. The molecule has 0 saturated carbocycles. The minimum Gasteiger partial charge on any atom is -0.496 e. The molecule has 0 aliphatic carbocycles. The molecule has 0 atom stereocenters. The Morgan fingerprint density at radius 1 is 1.37 bits per heavy atom. The van der Waals surface area contributed by atoms with Crippen molar-refractivity contribution in [2.75, 3.05) is 27.8 Å². The Labute approximate surface area is 122 Å². The molecule has 0 spiro atoms. The van der Waals surface area contributed by atoms with Gasteiger partial charge in [-0.25, -0.2) is 0 Å². The molecular weight excluding hydrogens is 310 g/mol. The molecule has 0 aromatic heterocycles. The average molecular weight is 330 g/mol. The highest BCUT2D eigenvalue weighted by molar-refractivity contribution is 9.10. The van der Waals surface area contributed by atoms with Gasteiger partial charge >= 0.3 is 5.97 Å². The first-order valence-electron chi connectivity index (χ1n) is 6.14. The van der Waals surface area contributed by atoms with Crippen molar-refractivity contribution >= 4 is 21.9 Å². The van der Waals surface area contributed by atoms with Gasteiger partial charge in [-0.3, -0.25) is 4.79 Å². The first kappa shape index (κ1) is 16.0. The van der Waals surface area contributed by atoms with E-state index in [0.717, 1.165) is 29.7 Å². The van der Waals surface area contributed by atoms with E-state index in [9.17, 15) is 4.79 Å². The van der Waals surface area contributed by atoms with Crippen molar-refractivity contribution in [3.63, 3.8) is 0 Å². The standard InChI is InChI=1S/C14H20BrNO3/c1-16(8-4-5-14(17)19-3)10-11-6-7-13(18-2)12(15)9-11/h6-7,9H,4-5,8,10H2,1-3H3. The molecule has 0 amide bonds. The maximum atomic E-state index is 11.0. The van der Waals surface area contributed by atoms with Gasteiger partial charge in [0, 0.05) is 13.0 Å². The van der Waals surface area contributed by atoms with Crippen LogP contribution in [0.3, 0.4) is 0 Å². The van der Waals surface area contributed by atoms with Gasteiger partial charge in [-0.05, 0) is 53.6 Å². The topological polar surface area (TPSA) is 38.8 Å². The quantitative estimate of drug-likeness (QED) is 0.721. The number of benzene rings is 1. The van der Waals surface area contributed by atoms with Crippen LogP contribution in [0.5, 0.6) is 5.75 Å². The second-order valence-corrected chi connectivity index (χ2v) is 5.24. The lowest BCUT2D eigenvalue weighted by molar-refractivity contribution is -0.140. The molecule has 0 aliphatic rings. The van der Waals surface area contributed by atoms with Crippen LogP contribution >= 0.6 is 15.9 Å². The normalized spacial score (nSPS) is 10.6. The molecule has 1 aromatic carbocycles. The van der Waals surface area contributed by atoms with E-state index in [1.165, 1.54) is 12.7 Å². The van der Waals surface area contributed by atoms with E-state index < -0.39 is 0 Å². The Morgan fingerprint density at radius 3 is 2.68 bits per heavy atom. The number of methoxy groups -OCH3 is 2. The van der Waals surface area contributed by atoms with Crippen molar-refractivity contribution in [1.82, 2.24) is 4.90 Å². The Morgan fingerprint density at radius 2 is 2.11 bits per heavy atom. The fourth-order valence-corrected chi connectivity index (χ4v) is 2.38. The van der Waals surface area contributed by atoms with Gasteiger partial charge in [0.15, 0.2) is 0 Å². The molecule has 0 heterocycles. The van der Waals surface area contributed by atoms with E-state index in [1.807, 2.05) is 19.2 Å². The molecule has 0 aliphatic heterocycles. The van der Waals surface area contributed by atoms with Gasteiger partial charge < -0.3 is 14.4 Å². The number of halogens is 1. The van der Waals surface area contributed by atoms with E-state index in [2.05, 4.69) is 31.6 Å². The Hall–Kier alpha value is -1.07. The number of hydrogen-bond acceptors (Lipinski definition) is 4. The summed E-state index contributed by atoms with van der Waals surface area (Å²) in [5.41, 5.74) is 1.20. The Balaban J connectivity index is 2.41.